The van der Waals surface area contributed by atoms with Crippen LogP contribution in [0.25, 0.3) is 0 Å². The summed E-state index contributed by atoms with van der Waals surface area (Å²) in [7, 11) is 0. The zero-order chi connectivity index (χ0) is 17.2. The van der Waals surface area contributed by atoms with Crippen LogP contribution >= 0.6 is 0 Å². The summed E-state index contributed by atoms with van der Waals surface area (Å²) in [5.41, 5.74) is 2.59. The minimum atomic E-state index is 0.461. The summed E-state index contributed by atoms with van der Waals surface area (Å²) in [6.07, 6.45) is 7.81. The molecule has 0 amide bonds. The predicted molar refractivity (Wildman–Crippen MR) is 101 cm³/mol. The molecule has 1 aliphatic heterocycles. The summed E-state index contributed by atoms with van der Waals surface area (Å²) in [5.74, 6) is 1.61. The average molecular weight is 334 g/mol. The van der Waals surface area contributed by atoms with E-state index in [4.69, 9.17) is 9.47 Å². The lowest BCUT2D eigenvalue weighted by molar-refractivity contribution is 0.110. The molecule has 136 valence electrons. The van der Waals surface area contributed by atoms with E-state index in [1.54, 1.807) is 0 Å². The van der Waals surface area contributed by atoms with E-state index in [0.29, 0.717) is 12.0 Å². The number of benzene rings is 1. The van der Waals surface area contributed by atoms with Crippen molar-refractivity contribution in [3.8, 4) is 5.75 Å². The fourth-order valence-electron chi connectivity index (χ4n) is 3.09. The highest BCUT2D eigenvalue weighted by atomic mass is 16.5. The van der Waals surface area contributed by atoms with Crippen LogP contribution in [0.2, 0.25) is 0 Å². The molecule has 1 atom stereocenters. The van der Waals surface area contributed by atoms with Gasteiger partial charge in [0.1, 0.15) is 5.75 Å². The van der Waals surface area contributed by atoms with Crippen molar-refractivity contribution in [2.24, 2.45) is 0 Å². The molecule has 1 fully saturated rings. The molecule has 0 bridgehead atoms. The van der Waals surface area contributed by atoms with Crippen molar-refractivity contribution in [3.63, 3.8) is 0 Å². The van der Waals surface area contributed by atoms with Gasteiger partial charge in [-0.3, -0.25) is 0 Å². The maximum Gasteiger partial charge on any atom is 0.122 e. The topological polar surface area (TPSA) is 30.5 Å². The van der Waals surface area contributed by atoms with Crippen LogP contribution in [0.4, 0.5) is 0 Å². The molecule has 1 saturated heterocycles. The Morgan fingerprint density at radius 3 is 2.79 bits per heavy atom. The van der Waals surface area contributed by atoms with Gasteiger partial charge in [-0.25, -0.2) is 0 Å². The lowest BCUT2D eigenvalue weighted by atomic mass is 10.0. The molecule has 24 heavy (non-hydrogen) atoms. The Morgan fingerprint density at radius 2 is 2.04 bits per heavy atom. The summed E-state index contributed by atoms with van der Waals surface area (Å²) in [6, 6.07) is 6.58. The number of hydrogen-bond donors (Lipinski definition) is 1. The molecule has 0 radical (unpaired) electrons. The van der Waals surface area contributed by atoms with Crippen molar-refractivity contribution in [2.45, 2.75) is 71.3 Å². The van der Waals surface area contributed by atoms with E-state index < -0.39 is 0 Å². The Balaban J connectivity index is 1.49. The Labute approximate surface area is 148 Å². The third-order valence-corrected chi connectivity index (χ3v) is 4.78. The van der Waals surface area contributed by atoms with Gasteiger partial charge in [0.25, 0.3) is 0 Å². The number of rotatable bonds is 11. The largest absolute Gasteiger partial charge is 0.493 e. The van der Waals surface area contributed by atoms with Crippen LogP contribution < -0.4 is 10.1 Å². The molecule has 1 aromatic carbocycles. The first-order valence-corrected chi connectivity index (χ1v) is 9.72. The fourth-order valence-corrected chi connectivity index (χ4v) is 3.09. The summed E-state index contributed by atoms with van der Waals surface area (Å²) in [5, 5.41) is 3.51. The molecule has 0 saturated carbocycles. The Kier molecular flexibility index (Phi) is 8.62. The molecule has 1 N–H and O–H groups in total. The van der Waals surface area contributed by atoms with Gasteiger partial charge in [-0.15, -0.1) is 0 Å². The van der Waals surface area contributed by atoms with Gasteiger partial charge >= 0.3 is 0 Å². The highest BCUT2D eigenvalue weighted by Gasteiger charge is 2.14. The van der Waals surface area contributed by atoms with Crippen LogP contribution in [-0.2, 0) is 4.74 Å². The molecule has 3 heteroatoms. The summed E-state index contributed by atoms with van der Waals surface area (Å²) in [6.45, 7) is 10.5. The maximum absolute atomic E-state index is 5.99. The standard InChI is InChI=1S/C21H35NO2/c1-17(2)19-11-10-18(3)21(15-19)24-13-7-5-4-6-12-22-16-20-9-8-14-23-20/h10-11,15,17,20,22H,4-9,12-14,16H2,1-3H3/t20-/m0/s1. The number of aryl methyl sites for hydroxylation is 1. The molecule has 2 rings (SSSR count). The Morgan fingerprint density at radius 1 is 1.21 bits per heavy atom. The van der Waals surface area contributed by atoms with Gasteiger partial charge in [-0.2, -0.15) is 0 Å². The molecule has 1 heterocycles. The van der Waals surface area contributed by atoms with Crippen LogP contribution in [0.1, 0.15) is 69.4 Å². The van der Waals surface area contributed by atoms with Gasteiger partial charge in [-0.1, -0.05) is 38.8 Å². The molecule has 0 unspecified atom stereocenters. The van der Waals surface area contributed by atoms with Crippen LogP contribution in [0.15, 0.2) is 18.2 Å². The third kappa shape index (κ3) is 6.82. The van der Waals surface area contributed by atoms with E-state index in [0.717, 1.165) is 38.5 Å². The van der Waals surface area contributed by atoms with Gasteiger partial charge in [-0.05, 0) is 62.3 Å². The molecule has 0 spiro atoms. The second-order valence-corrected chi connectivity index (χ2v) is 7.28. The monoisotopic (exact) mass is 333 g/mol. The molecule has 0 aliphatic carbocycles. The molecule has 3 nitrogen and oxygen atoms in total. The number of nitrogens with one attached hydrogen (secondary N) is 1. The minimum Gasteiger partial charge on any atom is -0.493 e. The minimum absolute atomic E-state index is 0.461. The van der Waals surface area contributed by atoms with Crippen molar-refractivity contribution < 1.29 is 9.47 Å². The van der Waals surface area contributed by atoms with E-state index in [9.17, 15) is 0 Å². The predicted octanol–water partition coefficient (Wildman–Crippen LogP) is 4.83. The van der Waals surface area contributed by atoms with Crippen LogP contribution in [0, 0.1) is 6.92 Å². The average Bonchev–Trinajstić information content (AvgIpc) is 3.08. The van der Waals surface area contributed by atoms with E-state index in [-0.39, 0.29) is 0 Å². The van der Waals surface area contributed by atoms with Gasteiger partial charge in [0, 0.05) is 13.2 Å². The van der Waals surface area contributed by atoms with E-state index in [1.807, 2.05) is 0 Å². The maximum atomic E-state index is 5.99. The second kappa shape index (κ2) is 10.7. The first kappa shape index (κ1) is 19.3. The van der Waals surface area contributed by atoms with E-state index in [2.05, 4.69) is 44.3 Å². The summed E-state index contributed by atoms with van der Waals surface area (Å²) in [4.78, 5) is 0. The molecule has 0 aromatic heterocycles. The highest BCUT2D eigenvalue weighted by molar-refractivity contribution is 5.37. The number of hydrogen-bond acceptors (Lipinski definition) is 3. The van der Waals surface area contributed by atoms with Crippen molar-refractivity contribution in [3.05, 3.63) is 29.3 Å². The Bertz CT molecular complexity index is 467. The van der Waals surface area contributed by atoms with Crippen LogP contribution in [0.5, 0.6) is 5.75 Å². The third-order valence-electron chi connectivity index (χ3n) is 4.78. The number of unbranched alkanes of at least 4 members (excludes halogenated alkanes) is 3. The lowest BCUT2D eigenvalue weighted by Crippen LogP contribution is -2.26. The summed E-state index contributed by atoms with van der Waals surface area (Å²) >= 11 is 0. The summed E-state index contributed by atoms with van der Waals surface area (Å²) < 4.78 is 11.6. The van der Waals surface area contributed by atoms with E-state index in [1.165, 1.54) is 43.2 Å². The quantitative estimate of drug-likeness (QED) is 0.589. The zero-order valence-electron chi connectivity index (χ0n) is 15.8. The SMILES string of the molecule is Cc1ccc(C(C)C)cc1OCCCCCCNC[C@@H]1CCCO1. The van der Waals surface area contributed by atoms with Crippen molar-refractivity contribution in [2.75, 3.05) is 26.3 Å². The molecule has 1 aliphatic rings. The fraction of sp³-hybridized carbons (Fsp3) is 0.714. The van der Waals surface area contributed by atoms with E-state index >= 15 is 0 Å². The van der Waals surface area contributed by atoms with Gasteiger partial charge in [0.2, 0.25) is 0 Å². The second-order valence-electron chi connectivity index (χ2n) is 7.28. The smallest absolute Gasteiger partial charge is 0.122 e. The van der Waals surface area contributed by atoms with Gasteiger partial charge < -0.3 is 14.8 Å². The van der Waals surface area contributed by atoms with Crippen LogP contribution in [0.3, 0.4) is 0 Å². The molecular weight excluding hydrogens is 298 g/mol. The zero-order valence-corrected chi connectivity index (χ0v) is 15.8. The molecule has 1 aromatic rings. The first-order valence-electron chi connectivity index (χ1n) is 9.72. The number of ether oxygens (including phenoxy) is 2. The first-order chi connectivity index (χ1) is 11.7. The van der Waals surface area contributed by atoms with Gasteiger partial charge in [0.15, 0.2) is 0 Å². The normalized spacial score (nSPS) is 17.6. The van der Waals surface area contributed by atoms with Crippen molar-refractivity contribution in [1.29, 1.82) is 0 Å². The van der Waals surface area contributed by atoms with Gasteiger partial charge in [0.05, 0.1) is 12.7 Å². The Hall–Kier alpha value is -1.06. The van der Waals surface area contributed by atoms with Crippen molar-refractivity contribution in [1.82, 2.24) is 5.32 Å². The molecular formula is C21H35NO2. The lowest BCUT2D eigenvalue weighted by Gasteiger charge is -2.13. The van der Waals surface area contributed by atoms with Crippen molar-refractivity contribution >= 4 is 0 Å². The highest BCUT2D eigenvalue weighted by Crippen LogP contribution is 2.24. The van der Waals surface area contributed by atoms with Crippen LogP contribution in [-0.4, -0.2) is 32.4 Å².